The van der Waals surface area contributed by atoms with E-state index < -0.39 is 17.2 Å². The van der Waals surface area contributed by atoms with Crippen LogP contribution < -0.4 is 21.7 Å². The van der Waals surface area contributed by atoms with Crippen molar-refractivity contribution in [3.63, 3.8) is 0 Å². The molecule has 0 fully saturated rings. The number of nitrogens with zero attached hydrogens (tertiary/aromatic N) is 3. The molecule has 2 N–H and O–H groups in total. The van der Waals surface area contributed by atoms with Gasteiger partial charge in [0.05, 0.1) is 11.5 Å². The van der Waals surface area contributed by atoms with E-state index in [1.807, 2.05) is 24.3 Å². The van der Waals surface area contributed by atoms with Crippen molar-refractivity contribution in [2.75, 3.05) is 0 Å². The van der Waals surface area contributed by atoms with Crippen molar-refractivity contribution < 1.29 is 4.74 Å². The average Bonchev–Trinajstić information content (AvgIpc) is 2.57. The van der Waals surface area contributed by atoms with Gasteiger partial charge in [0.2, 0.25) is 11.8 Å². The van der Waals surface area contributed by atoms with Gasteiger partial charge in [-0.25, -0.2) is 4.79 Å². The maximum absolute atomic E-state index is 12.6. The Morgan fingerprint density at radius 3 is 2.43 bits per heavy atom. The highest BCUT2D eigenvalue weighted by Crippen LogP contribution is 2.38. The molecule has 116 valence electrons. The van der Waals surface area contributed by atoms with Gasteiger partial charge >= 0.3 is 5.69 Å². The Hall–Kier alpha value is -3.27. The predicted molar refractivity (Wildman–Crippen MR) is 82.7 cm³/mol. The third kappa shape index (κ3) is 2.04. The Labute approximate surface area is 131 Å². The van der Waals surface area contributed by atoms with Crippen LogP contribution in [0.5, 0.6) is 5.88 Å². The van der Waals surface area contributed by atoms with Gasteiger partial charge in [-0.15, -0.1) is 0 Å². The average molecular weight is 310 g/mol. The van der Waals surface area contributed by atoms with E-state index in [1.165, 1.54) is 18.7 Å². The van der Waals surface area contributed by atoms with E-state index in [4.69, 9.17) is 10.5 Å². The zero-order chi connectivity index (χ0) is 16.7. The molecule has 0 radical (unpaired) electrons. The fourth-order valence-corrected chi connectivity index (χ4v) is 2.77. The summed E-state index contributed by atoms with van der Waals surface area (Å²) in [5.41, 5.74) is 5.94. The maximum Gasteiger partial charge on any atom is 0.333 e. The minimum Gasteiger partial charge on any atom is -0.423 e. The van der Waals surface area contributed by atoms with Gasteiger partial charge < -0.3 is 10.5 Å². The Kier molecular flexibility index (Phi) is 3.30. The molecule has 23 heavy (non-hydrogen) atoms. The van der Waals surface area contributed by atoms with Crippen molar-refractivity contribution in [2.45, 2.75) is 5.92 Å². The van der Waals surface area contributed by atoms with E-state index in [2.05, 4.69) is 0 Å². The number of rotatable bonds is 1. The molecule has 0 unspecified atom stereocenters. The van der Waals surface area contributed by atoms with Crippen LogP contribution >= 0.6 is 0 Å². The summed E-state index contributed by atoms with van der Waals surface area (Å²) in [5, 5.41) is 9.46. The van der Waals surface area contributed by atoms with Crippen LogP contribution in [0.3, 0.4) is 0 Å². The molecule has 7 heteroatoms. The fourth-order valence-electron chi connectivity index (χ4n) is 2.77. The standard InChI is InChI=1S/C16H14N4O3/c1-19-14(21)12-11(9-6-4-3-5-7-9)10(8-17)13(18)23-15(12)20(2)16(19)22/h3-7,11H,18H2,1-2H3/t11-/m1/s1. The number of ether oxygens (including phenoxy) is 1. The Morgan fingerprint density at radius 2 is 1.83 bits per heavy atom. The number of nitriles is 1. The van der Waals surface area contributed by atoms with E-state index in [0.29, 0.717) is 0 Å². The van der Waals surface area contributed by atoms with Gasteiger partial charge in [-0.3, -0.25) is 13.9 Å². The lowest BCUT2D eigenvalue weighted by Gasteiger charge is -2.27. The van der Waals surface area contributed by atoms with Gasteiger partial charge in [0.1, 0.15) is 11.6 Å². The van der Waals surface area contributed by atoms with E-state index in [9.17, 15) is 14.9 Å². The second-order valence-electron chi connectivity index (χ2n) is 5.26. The minimum atomic E-state index is -0.671. The first kappa shape index (κ1) is 14.7. The van der Waals surface area contributed by atoms with Crippen LogP contribution in [-0.4, -0.2) is 9.13 Å². The molecule has 1 atom stereocenters. The first-order valence-electron chi connectivity index (χ1n) is 6.89. The molecule has 1 aliphatic rings. The fraction of sp³-hybridized carbons (Fsp3) is 0.188. The molecule has 2 heterocycles. The van der Waals surface area contributed by atoms with Crippen molar-refractivity contribution in [3.05, 3.63) is 73.8 Å². The summed E-state index contributed by atoms with van der Waals surface area (Å²) in [5.74, 6) is -0.698. The van der Waals surface area contributed by atoms with Crippen LogP contribution in [0, 0.1) is 11.3 Å². The number of hydrogen-bond acceptors (Lipinski definition) is 5. The summed E-state index contributed by atoms with van der Waals surface area (Å²) in [7, 11) is 2.88. The molecule has 1 aromatic heterocycles. The lowest BCUT2D eigenvalue weighted by molar-refractivity contribution is 0.348. The monoisotopic (exact) mass is 310 g/mol. The van der Waals surface area contributed by atoms with Gasteiger partial charge in [-0.05, 0) is 5.56 Å². The molecule has 0 amide bonds. The molecule has 1 aromatic carbocycles. The third-order valence-corrected chi connectivity index (χ3v) is 3.95. The molecular formula is C16H14N4O3. The van der Waals surface area contributed by atoms with Gasteiger partial charge in [-0.2, -0.15) is 5.26 Å². The Balaban J connectivity index is 2.43. The molecule has 0 spiro atoms. The molecule has 1 aliphatic heterocycles. The first-order chi connectivity index (χ1) is 11.0. The van der Waals surface area contributed by atoms with Crippen LogP contribution in [0.1, 0.15) is 17.0 Å². The molecular weight excluding hydrogens is 296 g/mol. The van der Waals surface area contributed by atoms with E-state index in [1.54, 1.807) is 12.1 Å². The second-order valence-corrected chi connectivity index (χ2v) is 5.26. The number of hydrogen-bond donors (Lipinski definition) is 1. The molecule has 0 aliphatic carbocycles. The van der Waals surface area contributed by atoms with Crippen LogP contribution in [0.15, 0.2) is 51.4 Å². The number of fused-ring (bicyclic) bond motifs is 1. The highest BCUT2D eigenvalue weighted by molar-refractivity contribution is 5.52. The van der Waals surface area contributed by atoms with Crippen LogP contribution in [0.2, 0.25) is 0 Å². The van der Waals surface area contributed by atoms with Gasteiger partial charge in [0, 0.05) is 14.1 Å². The highest BCUT2D eigenvalue weighted by atomic mass is 16.5. The van der Waals surface area contributed by atoms with Gasteiger partial charge in [-0.1, -0.05) is 30.3 Å². The summed E-state index contributed by atoms with van der Waals surface area (Å²) in [6.07, 6.45) is 0. The van der Waals surface area contributed by atoms with Crippen molar-refractivity contribution in [1.29, 1.82) is 5.26 Å². The number of nitrogens with two attached hydrogens (primary N) is 1. The second kappa shape index (κ2) is 5.18. The zero-order valence-corrected chi connectivity index (χ0v) is 12.6. The number of benzene rings is 1. The minimum absolute atomic E-state index is 0.0726. The lowest BCUT2D eigenvalue weighted by atomic mass is 9.85. The van der Waals surface area contributed by atoms with E-state index in [0.717, 1.165) is 10.1 Å². The molecule has 0 saturated heterocycles. The molecule has 2 aromatic rings. The third-order valence-electron chi connectivity index (χ3n) is 3.95. The van der Waals surface area contributed by atoms with Crippen LogP contribution in [-0.2, 0) is 14.1 Å². The maximum atomic E-state index is 12.6. The van der Waals surface area contributed by atoms with Crippen LogP contribution in [0.25, 0.3) is 0 Å². The topological polar surface area (TPSA) is 103 Å². The molecule has 7 nitrogen and oxygen atoms in total. The predicted octanol–water partition coefficient (Wildman–Crippen LogP) is 0.302. The first-order valence-corrected chi connectivity index (χ1v) is 6.89. The van der Waals surface area contributed by atoms with Crippen molar-refractivity contribution in [3.8, 4) is 11.9 Å². The summed E-state index contributed by atoms with van der Waals surface area (Å²) in [4.78, 5) is 24.7. The van der Waals surface area contributed by atoms with E-state index >= 15 is 0 Å². The summed E-state index contributed by atoms with van der Waals surface area (Å²) in [6.45, 7) is 0. The molecule has 0 saturated carbocycles. The summed E-state index contributed by atoms with van der Waals surface area (Å²) >= 11 is 0. The zero-order valence-electron chi connectivity index (χ0n) is 12.6. The lowest BCUT2D eigenvalue weighted by Crippen LogP contribution is -2.42. The SMILES string of the molecule is Cn1c2c(c(=O)n(C)c1=O)[C@H](c1ccccc1)C(C#N)=C(N)O2. The van der Waals surface area contributed by atoms with Gasteiger partial charge in [0.25, 0.3) is 5.56 Å². The van der Waals surface area contributed by atoms with Crippen molar-refractivity contribution >= 4 is 0 Å². The van der Waals surface area contributed by atoms with Crippen LogP contribution in [0.4, 0.5) is 0 Å². The molecule has 0 bridgehead atoms. The smallest absolute Gasteiger partial charge is 0.333 e. The molecule has 3 rings (SSSR count). The largest absolute Gasteiger partial charge is 0.423 e. The number of aromatic nitrogens is 2. The summed E-state index contributed by atoms with van der Waals surface area (Å²) in [6, 6.07) is 11.1. The highest BCUT2D eigenvalue weighted by Gasteiger charge is 2.35. The van der Waals surface area contributed by atoms with Gasteiger partial charge in [0.15, 0.2) is 0 Å². The Bertz CT molecular complexity index is 977. The summed E-state index contributed by atoms with van der Waals surface area (Å²) < 4.78 is 7.63. The normalized spacial score (nSPS) is 16.5. The van der Waals surface area contributed by atoms with E-state index in [-0.39, 0.29) is 22.9 Å². The van der Waals surface area contributed by atoms with Crippen molar-refractivity contribution in [1.82, 2.24) is 9.13 Å². The Morgan fingerprint density at radius 1 is 1.17 bits per heavy atom. The number of allylic oxidation sites excluding steroid dienone is 1. The van der Waals surface area contributed by atoms with Crippen molar-refractivity contribution in [2.24, 2.45) is 19.8 Å². The quantitative estimate of drug-likeness (QED) is 0.816.